The Morgan fingerprint density at radius 1 is 1.07 bits per heavy atom. The van der Waals surface area contributed by atoms with Crippen LogP contribution in [0.1, 0.15) is 15.9 Å². The zero-order valence-corrected chi connectivity index (χ0v) is 15.8. The van der Waals surface area contributed by atoms with Gasteiger partial charge in [0.1, 0.15) is 12.4 Å². The predicted octanol–water partition coefficient (Wildman–Crippen LogP) is 3.91. The van der Waals surface area contributed by atoms with Crippen LogP contribution in [0.4, 0.5) is 14.5 Å². The smallest absolute Gasteiger partial charge is 0.341 e. The van der Waals surface area contributed by atoms with Gasteiger partial charge in [0.25, 0.3) is 5.91 Å². The van der Waals surface area contributed by atoms with Gasteiger partial charge in [-0.3, -0.25) is 9.78 Å². The van der Waals surface area contributed by atoms with E-state index in [2.05, 4.69) is 10.3 Å². The summed E-state index contributed by atoms with van der Waals surface area (Å²) in [6.07, 6.45) is 3.35. The first kappa shape index (κ1) is 20.4. The van der Waals surface area contributed by atoms with Crippen molar-refractivity contribution in [3.8, 4) is 5.75 Å². The van der Waals surface area contributed by atoms with Crippen LogP contribution < -0.4 is 10.1 Å². The van der Waals surface area contributed by atoms with E-state index < -0.39 is 26.4 Å². The number of anilines is 1. The Bertz CT molecular complexity index is 1090. The number of hydrogen-bond acceptors (Lipinski definition) is 5. The van der Waals surface area contributed by atoms with Crippen LogP contribution in [0.25, 0.3) is 0 Å². The van der Waals surface area contributed by atoms with Crippen LogP contribution in [-0.4, -0.2) is 25.1 Å². The summed E-state index contributed by atoms with van der Waals surface area (Å²) in [5, 5.41) is 2.65. The lowest BCUT2D eigenvalue weighted by molar-refractivity contribution is 0.102. The molecule has 0 atom stereocenters. The molecule has 0 aliphatic heterocycles. The largest absolute Gasteiger partial charge is 0.489 e. The van der Waals surface area contributed by atoms with Crippen molar-refractivity contribution in [3.05, 3.63) is 84.2 Å². The van der Waals surface area contributed by atoms with E-state index in [9.17, 15) is 22.0 Å². The highest BCUT2D eigenvalue weighted by molar-refractivity contribution is 7.91. The summed E-state index contributed by atoms with van der Waals surface area (Å²) in [7, 11) is -4.70. The minimum absolute atomic E-state index is 0.125. The van der Waals surface area contributed by atoms with Crippen LogP contribution in [0.3, 0.4) is 0 Å². The van der Waals surface area contributed by atoms with E-state index in [-0.39, 0.29) is 5.56 Å². The van der Waals surface area contributed by atoms with Gasteiger partial charge in [-0.1, -0.05) is 12.1 Å². The maximum Gasteiger partial charge on any atom is 0.341 e. The maximum atomic E-state index is 12.6. The highest BCUT2D eigenvalue weighted by atomic mass is 32.2. The van der Waals surface area contributed by atoms with Crippen LogP contribution >= 0.6 is 0 Å². The van der Waals surface area contributed by atoms with Gasteiger partial charge in [-0.15, -0.1) is 0 Å². The molecule has 0 saturated carbocycles. The van der Waals surface area contributed by atoms with Crippen molar-refractivity contribution in [1.82, 2.24) is 4.98 Å². The molecular weight excluding hydrogens is 402 g/mol. The number of carbonyl (C=O) groups is 1. The number of benzene rings is 2. The third-order valence-electron chi connectivity index (χ3n) is 3.90. The van der Waals surface area contributed by atoms with Gasteiger partial charge in [-0.05, 0) is 42.5 Å². The summed E-state index contributed by atoms with van der Waals surface area (Å²) in [6, 6.07) is 14.7. The van der Waals surface area contributed by atoms with Gasteiger partial charge in [0, 0.05) is 35.3 Å². The lowest BCUT2D eigenvalue weighted by atomic mass is 10.2. The van der Waals surface area contributed by atoms with E-state index in [1.54, 1.807) is 42.7 Å². The number of carbonyl (C=O) groups excluding carboxylic acids is 1. The second kappa shape index (κ2) is 8.78. The minimum Gasteiger partial charge on any atom is -0.489 e. The van der Waals surface area contributed by atoms with Crippen molar-refractivity contribution in [2.75, 3.05) is 5.32 Å². The number of alkyl halides is 2. The minimum atomic E-state index is -4.70. The molecule has 0 aliphatic carbocycles. The highest BCUT2D eigenvalue weighted by Gasteiger charge is 2.26. The van der Waals surface area contributed by atoms with E-state index in [0.29, 0.717) is 18.0 Å². The summed E-state index contributed by atoms with van der Waals surface area (Å²) >= 11 is 0. The van der Waals surface area contributed by atoms with Gasteiger partial charge in [-0.2, -0.15) is 8.78 Å². The third-order valence-corrected chi connectivity index (χ3v) is 5.30. The fraction of sp³-hybridized carbons (Fsp3) is 0.100. The zero-order valence-electron chi connectivity index (χ0n) is 15.0. The van der Waals surface area contributed by atoms with Gasteiger partial charge < -0.3 is 10.1 Å². The molecule has 1 amide bonds. The summed E-state index contributed by atoms with van der Waals surface area (Å²) in [6.45, 7) is 0.311. The summed E-state index contributed by atoms with van der Waals surface area (Å²) in [4.78, 5) is 15.8. The van der Waals surface area contributed by atoms with Crippen molar-refractivity contribution >= 4 is 21.4 Å². The number of sulfone groups is 1. The number of hydrogen-bond donors (Lipinski definition) is 1. The van der Waals surface area contributed by atoms with Crippen LogP contribution in [-0.2, 0) is 16.4 Å². The van der Waals surface area contributed by atoms with Crippen molar-refractivity contribution < 1.29 is 26.7 Å². The maximum absolute atomic E-state index is 12.6. The molecule has 3 aromatic rings. The molecule has 150 valence electrons. The number of halogens is 2. The number of rotatable bonds is 7. The first-order valence-corrected chi connectivity index (χ1v) is 9.96. The lowest BCUT2D eigenvalue weighted by Crippen LogP contribution is -2.14. The first-order chi connectivity index (χ1) is 13.9. The standard InChI is InChI=1S/C20H16F2N2O4S/c21-20(22)29(26,27)18-8-6-15(7-9-18)19(25)24-16-4-1-5-17(11-16)28-13-14-3-2-10-23-12-14/h1-12,20H,13H2,(H,24,25). The molecule has 1 heterocycles. The number of pyridine rings is 1. The number of ether oxygens (including phenoxy) is 1. The molecule has 9 heteroatoms. The van der Waals surface area contributed by atoms with Gasteiger partial charge >= 0.3 is 5.76 Å². The lowest BCUT2D eigenvalue weighted by Gasteiger charge is -2.10. The predicted molar refractivity (Wildman–Crippen MR) is 103 cm³/mol. The van der Waals surface area contributed by atoms with E-state index >= 15 is 0 Å². The van der Waals surface area contributed by atoms with Crippen molar-refractivity contribution in [2.24, 2.45) is 0 Å². The van der Waals surface area contributed by atoms with Gasteiger partial charge in [0.05, 0.1) is 4.90 Å². The van der Waals surface area contributed by atoms with Crippen molar-refractivity contribution in [2.45, 2.75) is 17.3 Å². The topological polar surface area (TPSA) is 85.4 Å². The molecule has 0 aliphatic rings. The second-order valence-electron chi connectivity index (χ2n) is 5.96. The number of nitrogens with zero attached hydrogens (tertiary/aromatic N) is 1. The molecule has 1 aromatic heterocycles. The number of amides is 1. The molecule has 29 heavy (non-hydrogen) atoms. The molecular formula is C20H16F2N2O4S. The van der Waals surface area contributed by atoms with E-state index in [0.717, 1.165) is 17.7 Å². The Hall–Kier alpha value is -3.33. The van der Waals surface area contributed by atoms with Crippen LogP contribution in [0, 0.1) is 0 Å². The van der Waals surface area contributed by atoms with Crippen LogP contribution in [0.2, 0.25) is 0 Å². The molecule has 0 saturated heterocycles. The Kier molecular flexibility index (Phi) is 6.18. The fourth-order valence-electron chi connectivity index (χ4n) is 2.42. The number of nitrogens with one attached hydrogen (secondary N) is 1. The van der Waals surface area contributed by atoms with Gasteiger partial charge in [0.15, 0.2) is 0 Å². The third kappa shape index (κ3) is 5.14. The Morgan fingerprint density at radius 2 is 1.83 bits per heavy atom. The second-order valence-corrected chi connectivity index (χ2v) is 7.88. The van der Waals surface area contributed by atoms with Crippen molar-refractivity contribution in [3.63, 3.8) is 0 Å². The first-order valence-electron chi connectivity index (χ1n) is 8.41. The van der Waals surface area contributed by atoms with Gasteiger partial charge in [0.2, 0.25) is 9.84 Å². The highest BCUT2D eigenvalue weighted by Crippen LogP contribution is 2.21. The van der Waals surface area contributed by atoms with Crippen molar-refractivity contribution in [1.29, 1.82) is 0 Å². The SMILES string of the molecule is O=C(Nc1cccc(OCc2cccnc2)c1)c1ccc(S(=O)(=O)C(F)F)cc1. The molecule has 6 nitrogen and oxygen atoms in total. The summed E-state index contributed by atoms with van der Waals surface area (Å²) in [5.41, 5.74) is 1.48. The zero-order chi connectivity index (χ0) is 20.9. The molecule has 1 N–H and O–H groups in total. The van der Waals surface area contributed by atoms with Crippen LogP contribution in [0.5, 0.6) is 5.75 Å². The average Bonchev–Trinajstić information content (AvgIpc) is 2.73. The van der Waals surface area contributed by atoms with Crippen LogP contribution in [0.15, 0.2) is 78.0 Å². The van der Waals surface area contributed by atoms with Gasteiger partial charge in [-0.25, -0.2) is 8.42 Å². The normalized spacial score (nSPS) is 11.3. The molecule has 0 unspecified atom stereocenters. The summed E-state index contributed by atoms with van der Waals surface area (Å²) in [5.74, 6) is -3.50. The Labute approximate surface area is 166 Å². The van der Waals surface area contributed by atoms with E-state index in [4.69, 9.17) is 4.74 Å². The monoisotopic (exact) mass is 418 g/mol. The fourth-order valence-corrected chi connectivity index (χ4v) is 3.14. The Balaban J connectivity index is 1.66. The number of aromatic nitrogens is 1. The molecule has 0 spiro atoms. The molecule has 0 radical (unpaired) electrons. The molecule has 0 bridgehead atoms. The molecule has 3 rings (SSSR count). The summed E-state index contributed by atoms with van der Waals surface area (Å²) < 4.78 is 53.7. The quantitative estimate of drug-likeness (QED) is 0.629. The average molecular weight is 418 g/mol. The Morgan fingerprint density at radius 3 is 2.48 bits per heavy atom. The molecule has 2 aromatic carbocycles. The van der Waals surface area contributed by atoms with E-state index in [1.807, 2.05) is 6.07 Å². The molecule has 0 fully saturated rings. The van der Waals surface area contributed by atoms with E-state index in [1.165, 1.54) is 12.1 Å².